The highest BCUT2D eigenvalue weighted by atomic mass is 16.5. The average molecular weight is 191 g/mol. The number of hydrogen-bond acceptors (Lipinski definition) is 2. The smallest absolute Gasteiger partial charge is 0.0468 e. The second-order valence-corrected chi connectivity index (χ2v) is 4.07. The van der Waals surface area contributed by atoms with Gasteiger partial charge in [0.15, 0.2) is 0 Å². The van der Waals surface area contributed by atoms with E-state index < -0.39 is 0 Å². The van der Waals surface area contributed by atoms with E-state index in [9.17, 15) is 0 Å². The van der Waals surface area contributed by atoms with Gasteiger partial charge in [0.2, 0.25) is 0 Å². The Labute approximate surface area is 85.3 Å². The summed E-state index contributed by atoms with van der Waals surface area (Å²) in [7, 11) is 0. The van der Waals surface area contributed by atoms with E-state index in [1.165, 1.54) is 18.4 Å². The predicted molar refractivity (Wildman–Crippen MR) is 56.2 cm³/mol. The van der Waals surface area contributed by atoms with Crippen molar-refractivity contribution in [1.29, 1.82) is 0 Å². The highest BCUT2D eigenvalue weighted by molar-refractivity contribution is 5.13. The van der Waals surface area contributed by atoms with Gasteiger partial charge in [0.1, 0.15) is 0 Å². The summed E-state index contributed by atoms with van der Waals surface area (Å²) in [6, 6.07) is 4.28. The fourth-order valence-electron chi connectivity index (χ4n) is 1.90. The van der Waals surface area contributed by atoms with E-state index in [-0.39, 0.29) is 0 Å². The standard InChI is InChI=1S/C12H17NO/c1-10-2-3-12(9-13-10)8-11-4-6-14-7-5-11/h2-3,9,11H,4-8H2,1H3. The molecule has 0 saturated carbocycles. The monoisotopic (exact) mass is 191 g/mol. The van der Waals surface area contributed by atoms with E-state index in [2.05, 4.69) is 17.1 Å². The van der Waals surface area contributed by atoms with Gasteiger partial charge in [0.05, 0.1) is 0 Å². The SMILES string of the molecule is Cc1ccc(CC2CCOCC2)cn1. The van der Waals surface area contributed by atoms with Gasteiger partial charge in [-0.1, -0.05) is 6.07 Å². The Hall–Kier alpha value is -0.890. The van der Waals surface area contributed by atoms with Crippen LogP contribution in [-0.2, 0) is 11.2 Å². The molecule has 0 atom stereocenters. The normalized spacial score (nSPS) is 18.4. The lowest BCUT2D eigenvalue weighted by Crippen LogP contribution is -2.17. The largest absolute Gasteiger partial charge is 0.381 e. The number of hydrogen-bond donors (Lipinski definition) is 0. The first kappa shape index (κ1) is 9.66. The van der Waals surface area contributed by atoms with Crippen LogP contribution in [-0.4, -0.2) is 18.2 Å². The number of ether oxygens (including phenoxy) is 1. The Bertz CT molecular complexity index is 275. The van der Waals surface area contributed by atoms with Gasteiger partial charge in [-0.2, -0.15) is 0 Å². The zero-order valence-corrected chi connectivity index (χ0v) is 8.70. The third kappa shape index (κ3) is 2.55. The van der Waals surface area contributed by atoms with Gasteiger partial charge < -0.3 is 4.74 Å². The van der Waals surface area contributed by atoms with Gasteiger partial charge in [-0.15, -0.1) is 0 Å². The summed E-state index contributed by atoms with van der Waals surface area (Å²) >= 11 is 0. The highest BCUT2D eigenvalue weighted by Crippen LogP contribution is 2.19. The van der Waals surface area contributed by atoms with E-state index in [1.54, 1.807) is 0 Å². The zero-order valence-electron chi connectivity index (χ0n) is 8.70. The zero-order chi connectivity index (χ0) is 9.80. The fourth-order valence-corrected chi connectivity index (χ4v) is 1.90. The third-order valence-electron chi connectivity index (χ3n) is 2.84. The molecule has 76 valence electrons. The van der Waals surface area contributed by atoms with Crippen LogP contribution in [0.25, 0.3) is 0 Å². The van der Waals surface area contributed by atoms with Crippen molar-refractivity contribution in [1.82, 2.24) is 4.98 Å². The van der Waals surface area contributed by atoms with Crippen LogP contribution >= 0.6 is 0 Å². The van der Waals surface area contributed by atoms with Crippen molar-refractivity contribution in [3.63, 3.8) is 0 Å². The van der Waals surface area contributed by atoms with E-state index in [1.807, 2.05) is 13.1 Å². The number of pyridine rings is 1. The van der Waals surface area contributed by atoms with Gasteiger partial charge in [0, 0.05) is 25.1 Å². The predicted octanol–water partition coefficient (Wildman–Crippen LogP) is 2.36. The van der Waals surface area contributed by atoms with Crippen molar-refractivity contribution in [2.75, 3.05) is 13.2 Å². The van der Waals surface area contributed by atoms with Crippen molar-refractivity contribution in [3.05, 3.63) is 29.6 Å². The summed E-state index contributed by atoms with van der Waals surface area (Å²) in [5.41, 5.74) is 2.46. The molecule has 0 aliphatic carbocycles. The Morgan fingerprint density at radius 1 is 1.36 bits per heavy atom. The maximum Gasteiger partial charge on any atom is 0.0468 e. The van der Waals surface area contributed by atoms with E-state index in [0.29, 0.717) is 0 Å². The fraction of sp³-hybridized carbons (Fsp3) is 0.583. The van der Waals surface area contributed by atoms with Gasteiger partial charge in [0.25, 0.3) is 0 Å². The van der Waals surface area contributed by atoms with Gasteiger partial charge in [-0.3, -0.25) is 4.98 Å². The third-order valence-corrected chi connectivity index (χ3v) is 2.84. The molecule has 1 aromatic heterocycles. The molecule has 1 saturated heterocycles. The summed E-state index contributed by atoms with van der Waals surface area (Å²) in [5, 5.41) is 0. The first-order chi connectivity index (χ1) is 6.84. The van der Waals surface area contributed by atoms with Crippen molar-refractivity contribution in [2.24, 2.45) is 5.92 Å². The quantitative estimate of drug-likeness (QED) is 0.716. The van der Waals surface area contributed by atoms with E-state index in [4.69, 9.17) is 4.74 Å². The first-order valence-electron chi connectivity index (χ1n) is 5.34. The van der Waals surface area contributed by atoms with Crippen molar-refractivity contribution in [3.8, 4) is 0 Å². The van der Waals surface area contributed by atoms with E-state index >= 15 is 0 Å². The molecule has 0 spiro atoms. The number of aryl methyl sites for hydroxylation is 1. The average Bonchev–Trinajstić information content (AvgIpc) is 2.23. The van der Waals surface area contributed by atoms with Crippen LogP contribution in [0.2, 0.25) is 0 Å². The topological polar surface area (TPSA) is 22.1 Å². The molecule has 0 unspecified atom stereocenters. The molecule has 2 heteroatoms. The molecular weight excluding hydrogens is 174 g/mol. The Morgan fingerprint density at radius 2 is 2.14 bits per heavy atom. The van der Waals surface area contributed by atoms with Crippen LogP contribution in [0.4, 0.5) is 0 Å². The van der Waals surface area contributed by atoms with Crippen LogP contribution in [0.1, 0.15) is 24.1 Å². The lowest BCUT2D eigenvalue weighted by molar-refractivity contribution is 0.0665. The minimum Gasteiger partial charge on any atom is -0.381 e. The summed E-state index contributed by atoms with van der Waals surface area (Å²) in [5.74, 6) is 0.799. The minimum atomic E-state index is 0.799. The molecular formula is C12H17NO. The lowest BCUT2D eigenvalue weighted by Gasteiger charge is -2.21. The Morgan fingerprint density at radius 3 is 2.79 bits per heavy atom. The molecule has 0 N–H and O–H groups in total. The molecule has 14 heavy (non-hydrogen) atoms. The molecule has 0 radical (unpaired) electrons. The molecule has 0 bridgehead atoms. The van der Waals surface area contributed by atoms with Crippen LogP contribution in [0.3, 0.4) is 0 Å². The summed E-state index contributed by atoms with van der Waals surface area (Å²) < 4.78 is 5.34. The molecule has 1 aliphatic heterocycles. The second kappa shape index (κ2) is 4.56. The molecule has 2 heterocycles. The summed E-state index contributed by atoms with van der Waals surface area (Å²) in [6.45, 7) is 3.89. The summed E-state index contributed by atoms with van der Waals surface area (Å²) in [4.78, 5) is 4.31. The highest BCUT2D eigenvalue weighted by Gasteiger charge is 2.13. The Balaban J connectivity index is 1.92. The van der Waals surface area contributed by atoms with Crippen molar-refractivity contribution in [2.45, 2.75) is 26.2 Å². The lowest BCUT2D eigenvalue weighted by atomic mass is 9.93. The van der Waals surface area contributed by atoms with Crippen LogP contribution < -0.4 is 0 Å². The van der Waals surface area contributed by atoms with Crippen molar-refractivity contribution < 1.29 is 4.74 Å². The van der Waals surface area contributed by atoms with Gasteiger partial charge in [-0.25, -0.2) is 0 Å². The number of rotatable bonds is 2. The minimum absolute atomic E-state index is 0.799. The maximum atomic E-state index is 5.34. The van der Waals surface area contributed by atoms with Gasteiger partial charge >= 0.3 is 0 Å². The molecule has 0 aromatic carbocycles. The molecule has 1 aliphatic rings. The maximum absolute atomic E-state index is 5.34. The molecule has 1 fully saturated rings. The van der Waals surface area contributed by atoms with Crippen molar-refractivity contribution >= 4 is 0 Å². The van der Waals surface area contributed by atoms with Gasteiger partial charge in [-0.05, 0) is 43.7 Å². The second-order valence-electron chi connectivity index (χ2n) is 4.07. The van der Waals surface area contributed by atoms with E-state index in [0.717, 1.165) is 31.2 Å². The Kier molecular flexibility index (Phi) is 3.14. The molecule has 0 amide bonds. The van der Waals surface area contributed by atoms with Crippen LogP contribution in [0.15, 0.2) is 18.3 Å². The first-order valence-corrected chi connectivity index (χ1v) is 5.34. The summed E-state index contributed by atoms with van der Waals surface area (Å²) in [6.07, 6.45) is 5.57. The van der Waals surface area contributed by atoms with Crippen LogP contribution in [0.5, 0.6) is 0 Å². The number of aromatic nitrogens is 1. The molecule has 2 rings (SSSR count). The molecule has 2 nitrogen and oxygen atoms in total. The molecule has 1 aromatic rings. The number of nitrogens with zero attached hydrogens (tertiary/aromatic N) is 1. The van der Waals surface area contributed by atoms with Crippen LogP contribution in [0, 0.1) is 12.8 Å².